The van der Waals surface area contributed by atoms with Crippen molar-refractivity contribution < 1.29 is 4.79 Å². The normalized spacial score (nSPS) is 10.1. The molecular formula is C8H13N3O. The molecule has 4 nitrogen and oxygen atoms in total. The van der Waals surface area contributed by atoms with Gasteiger partial charge in [0, 0.05) is 6.42 Å². The van der Waals surface area contributed by atoms with Crippen LogP contribution < -0.4 is 0 Å². The third kappa shape index (κ3) is 2.45. The maximum absolute atomic E-state index is 11.2. The Morgan fingerprint density at radius 1 is 1.50 bits per heavy atom. The van der Waals surface area contributed by atoms with E-state index in [-0.39, 0.29) is 5.91 Å². The molecule has 12 heavy (non-hydrogen) atoms. The summed E-state index contributed by atoms with van der Waals surface area (Å²) in [4.78, 5) is 14.9. The number of carbonyl (C=O) groups is 1. The summed E-state index contributed by atoms with van der Waals surface area (Å²) in [6, 6.07) is 0. The van der Waals surface area contributed by atoms with Crippen molar-refractivity contribution in [3.63, 3.8) is 0 Å². The maximum Gasteiger partial charge on any atom is 0.248 e. The Morgan fingerprint density at radius 3 is 2.92 bits per heavy atom. The van der Waals surface area contributed by atoms with Gasteiger partial charge in [-0.1, -0.05) is 19.8 Å². The van der Waals surface area contributed by atoms with E-state index in [2.05, 4.69) is 17.0 Å². The van der Waals surface area contributed by atoms with Crippen LogP contribution in [0, 0.1) is 0 Å². The van der Waals surface area contributed by atoms with Crippen molar-refractivity contribution >= 4 is 5.91 Å². The lowest BCUT2D eigenvalue weighted by Gasteiger charge is -1.97. The molecule has 0 spiro atoms. The highest BCUT2D eigenvalue weighted by atomic mass is 16.2. The Hall–Kier alpha value is -1.19. The van der Waals surface area contributed by atoms with Crippen molar-refractivity contribution in [2.24, 2.45) is 0 Å². The maximum atomic E-state index is 11.2. The van der Waals surface area contributed by atoms with Crippen LogP contribution >= 0.6 is 0 Å². The van der Waals surface area contributed by atoms with Crippen LogP contribution in [0.25, 0.3) is 0 Å². The highest BCUT2D eigenvalue weighted by Gasteiger charge is 2.03. The molecule has 0 aliphatic heterocycles. The Morgan fingerprint density at radius 2 is 2.33 bits per heavy atom. The lowest BCUT2D eigenvalue weighted by atomic mass is 10.2. The van der Waals surface area contributed by atoms with Crippen molar-refractivity contribution in [3.8, 4) is 0 Å². The van der Waals surface area contributed by atoms with E-state index in [9.17, 15) is 4.79 Å². The Balaban J connectivity index is 2.30. The van der Waals surface area contributed by atoms with E-state index in [1.165, 1.54) is 17.3 Å². The first-order chi connectivity index (χ1) is 5.84. The summed E-state index contributed by atoms with van der Waals surface area (Å²) < 4.78 is 1.29. The average molecular weight is 167 g/mol. The summed E-state index contributed by atoms with van der Waals surface area (Å²) in [5.74, 6) is 0.0287. The van der Waals surface area contributed by atoms with Crippen LogP contribution in [-0.4, -0.2) is 20.7 Å². The van der Waals surface area contributed by atoms with Crippen molar-refractivity contribution in [1.82, 2.24) is 14.8 Å². The average Bonchev–Trinajstić information content (AvgIpc) is 2.56. The second-order valence-electron chi connectivity index (χ2n) is 2.69. The smallest absolute Gasteiger partial charge is 0.248 e. The van der Waals surface area contributed by atoms with Crippen molar-refractivity contribution in [1.29, 1.82) is 0 Å². The Kier molecular flexibility index (Phi) is 3.44. The van der Waals surface area contributed by atoms with Gasteiger partial charge in [0.15, 0.2) is 0 Å². The van der Waals surface area contributed by atoms with E-state index in [4.69, 9.17) is 0 Å². The molecule has 0 atom stereocenters. The van der Waals surface area contributed by atoms with E-state index >= 15 is 0 Å². The Labute approximate surface area is 71.6 Å². The zero-order valence-electron chi connectivity index (χ0n) is 7.23. The molecule has 1 aromatic heterocycles. The van der Waals surface area contributed by atoms with Gasteiger partial charge in [-0.2, -0.15) is 9.78 Å². The van der Waals surface area contributed by atoms with Crippen LogP contribution in [0.5, 0.6) is 0 Å². The molecule has 0 aromatic carbocycles. The lowest BCUT2D eigenvalue weighted by Crippen LogP contribution is -2.10. The quantitative estimate of drug-likeness (QED) is 0.638. The van der Waals surface area contributed by atoms with Gasteiger partial charge < -0.3 is 0 Å². The van der Waals surface area contributed by atoms with E-state index in [1.807, 2.05) is 0 Å². The summed E-state index contributed by atoms with van der Waals surface area (Å²) in [6.07, 6.45) is 6.55. The number of nitrogens with zero attached hydrogens (tertiary/aromatic N) is 3. The molecule has 0 unspecified atom stereocenters. The molecule has 0 radical (unpaired) electrons. The SMILES string of the molecule is CCCCCC(=O)n1cncn1. The fourth-order valence-corrected chi connectivity index (χ4v) is 0.978. The predicted molar refractivity (Wildman–Crippen MR) is 44.8 cm³/mol. The number of hydrogen-bond donors (Lipinski definition) is 0. The number of hydrogen-bond acceptors (Lipinski definition) is 3. The second-order valence-corrected chi connectivity index (χ2v) is 2.69. The van der Waals surface area contributed by atoms with Crippen LogP contribution in [-0.2, 0) is 0 Å². The molecule has 0 fully saturated rings. The molecule has 4 heteroatoms. The summed E-state index contributed by atoms with van der Waals surface area (Å²) in [5, 5.41) is 3.75. The number of carbonyl (C=O) groups excluding carboxylic acids is 1. The van der Waals surface area contributed by atoms with Gasteiger partial charge in [0.05, 0.1) is 0 Å². The molecule has 0 N–H and O–H groups in total. The summed E-state index contributed by atoms with van der Waals surface area (Å²) in [5.41, 5.74) is 0. The highest BCUT2D eigenvalue weighted by molar-refractivity contribution is 5.77. The first kappa shape index (κ1) is 8.90. The minimum absolute atomic E-state index is 0.0287. The molecule has 0 bridgehead atoms. The van der Waals surface area contributed by atoms with Gasteiger partial charge in [0.1, 0.15) is 12.7 Å². The summed E-state index contributed by atoms with van der Waals surface area (Å²) >= 11 is 0. The molecule has 0 saturated carbocycles. The summed E-state index contributed by atoms with van der Waals surface area (Å²) in [6.45, 7) is 2.11. The zero-order valence-corrected chi connectivity index (χ0v) is 7.23. The lowest BCUT2D eigenvalue weighted by molar-refractivity contribution is 0.0883. The minimum atomic E-state index is 0.0287. The van der Waals surface area contributed by atoms with Crippen molar-refractivity contribution in [2.75, 3.05) is 0 Å². The van der Waals surface area contributed by atoms with Crippen molar-refractivity contribution in [3.05, 3.63) is 12.7 Å². The highest BCUT2D eigenvalue weighted by Crippen LogP contribution is 2.00. The topological polar surface area (TPSA) is 47.8 Å². The van der Waals surface area contributed by atoms with Crippen LogP contribution in [0.4, 0.5) is 0 Å². The molecule has 0 aliphatic rings. The van der Waals surface area contributed by atoms with E-state index < -0.39 is 0 Å². The standard InChI is InChI=1S/C8H13N3O/c1-2-3-4-5-8(12)11-7-9-6-10-11/h6-7H,2-5H2,1H3. The van der Waals surface area contributed by atoms with E-state index in [1.54, 1.807) is 0 Å². The number of unbranched alkanes of at least 4 members (excludes halogenated alkanes) is 2. The first-order valence-corrected chi connectivity index (χ1v) is 4.22. The van der Waals surface area contributed by atoms with Crippen LogP contribution in [0.2, 0.25) is 0 Å². The van der Waals surface area contributed by atoms with Gasteiger partial charge in [-0.25, -0.2) is 4.98 Å². The summed E-state index contributed by atoms with van der Waals surface area (Å²) in [7, 11) is 0. The van der Waals surface area contributed by atoms with Gasteiger partial charge in [-0.3, -0.25) is 4.79 Å². The fraction of sp³-hybridized carbons (Fsp3) is 0.625. The minimum Gasteiger partial charge on any atom is -0.273 e. The van der Waals surface area contributed by atoms with E-state index in [0.29, 0.717) is 6.42 Å². The molecule has 1 rings (SSSR count). The van der Waals surface area contributed by atoms with Crippen LogP contribution in [0.15, 0.2) is 12.7 Å². The van der Waals surface area contributed by atoms with Gasteiger partial charge >= 0.3 is 0 Å². The molecular weight excluding hydrogens is 154 g/mol. The number of aromatic nitrogens is 3. The second kappa shape index (κ2) is 4.64. The van der Waals surface area contributed by atoms with Gasteiger partial charge in [-0.15, -0.1) is 0 Å². The van der Waals surface area contributed by atoms with Crippen LogP contribution in [0.3, 0.4) is 0 Å². The Bertz CT molecular complexity index is 230. The van der Waals surface area contributed by atoms with Gasteiger partial charge in [-0.05, 0) is 6.42 Å². The molecule has 66 valence electrons. The van der Waals surface area contributed by atoms with E-state index in [0.717, 1.165) is 19.3 Å². The monoisotopic (exact) mass is 167 g/mol. The van der Waals surface area contributed by atoms with Gasteiger partial charge in [0.2, 0.25) is 5.91 Å². The third-order valence-corrected chi connectivity index (χ3v) is 1.67. The van der Waals surface area contributed by atoms with Gasteiger partial charge in [0.25, 0.3) is 0 Å². The number of rotatable bonds is 4. The fourth-order valence-electron chi connectivity index (χ4n) is 0.978. The molecule has 0 amide bonds. The molecule has 0 saturated heterocycles. The first-order valence-electron chi connectivity index (χ1n) is 4.22. The largest absolute Gasteiger partial charge is 0.273 e. The molecule has 0 aliphatic carbocycles. The van der Waals surface area contributed by atoms with Crippen LogP contribution in [0.1, 0.15) is 37.4 Å². The molecule has 1 heterocycles. The zero-order chi connectivity index (χ0) is 8.81. The molecule has 1 aromatic rings. The van der Waals surface area contributed by atoms with Crippen molar-refractivity contribution in [2.45, 2.75) is 32.6 Å². The predicted octanol–water partition coefficient (Wildman–Crippen LogP) is 1.50. The third-order valence-electron chi connectivity index (χ3n) is 1.67.